The number of carbonyl (C=O) groups excluding carboxylic acids is 1. The van der Waals surface area contributed by atoms with Gasteiger partial charge in [-0.05, 0) is 6.07 Å². The van der Waals surface area contributed by atoms with Crippen molar-refractivity contribution >= 4 is 22.8 Å². The van der Waals surface area contributed by atoms with Gasteiger partial charge in [-0.3, -0.25) is 4.79 Å². The molecule has 0 aliphatic carbocycles. The van der Waals surface area contributed by atoms with E-state index in [0.717, 1.165) is 10.9 Å². The number of aromatic nitrogens is 1. The summed E-state index contributed by atoms with van der Waals surface area (Å²) >= 11 is 0. The van der Waals surface area contributed by atoms with Crippen molar-refractivity contribution in [1.82, 2.24) is 9.88 Å². The molecule has 0 aliphatic rings. The van der Waals surface area contributed by atoms with Crippen molar-refractivity contribution < 1.29 is 14.7 Å². The normalized spacial score (nSPS) is 11.8. The number of nitrogens with zero attached hydrogens (tertiary/aromatic N) is 1. The third-order valence-electron chi connectivity index (χ3n) is 3.07. The van der Waals surface area contributed by atoms with Crippen LogP contribution in [-0.2, 0) is 11.8 Å². The number of carboxylic acids is 1. The van der Waals surface area contributed by atoms with E-state index in [0.29, 0.717) is 5.56 Å². The molecule has 0 bridgehead atoms. The number of fused-ring (bicyclic) bond motifs is 1. The van der Waals surface area contributed by atoms with Crippen molar-refractivity contribution in [3.63, 3.8) is 0 Å². The molecule has 0 spiro atoms. The Kier molecular flexibility index (Phi) is 3.76. The Labute approximate surface area is 116 Å². The van der Waals surface area contributed by atoms with Crippen LogP contribution in [0.4, 0.5) is 0 Å². The minimum absolute atomic E-state index is 0.0498. The van der Waals surface area contributed by atoms with Gasteiger partial charge >= 0.3 is 5.97 Å². The van der Waals surface area contributed by atoms with E-state index in [9.17, 15) is 9.59 Å². The summed E-state index contributed by atoms with van der Waals surface area (Å²) in [5.74, 6) is 0.665. The van der Waals surface area contributed by atoms with E-state index in [4.69, 9.17) is 11.5 Å². The van der Waals surface area contributed by atoms with Crippen molar-refractivity contribution in [2.24, 2.45) is 7.05 Å². The lowest BCUT2D eigenvalue weighted by atomic mass is 10.1. The van der Waals surface area contributed by atoms with E-state index in [2.05, 4.69) is 11.2 Å². The lowest BCUT2D eigenvalue weighted by Gasteiger charge is -2.11. The Hall–Kier alpha value is -2.74. The van der Waals surface area contributed by atoms with Crippen molar-refractivity contribution in [2.75, 3.05) is 0 Å². The maximum Gasteiger partial charge on any atom is 0.327 e. The van der Waals surface area contributed by atoms with E-state index in [-0.39, 0.29) is 6.42 Å². The Morgan fingerprint density at radius 3 is 2.80 bits per heavy atom. The van der Waals surface area contributed by atoms with Crippen LogP contribution in [0.25, 0.3) is 10.9 Å². The van der Waals surface area contributed by atoms with Crippen molar-refractivity contribution in [3.8, 4) is 12.3 Å². The highest BCUT2D eigenvalue weighted by Gasteiger charge is 2.21. The zero-order chi connectivity index (χ0) is 14.7. The summed E-state index contributed by atoms with van der Waals surface area (Å²) in [6.07, 6.45) is 6.73. The van der Waals surface area contributed by atoms with Gasteiger partial charge in [-0.2, -0.15) is 0 Å². The summed E-state index contributed by atoms with van der Waals surface area (Å²) < 4.78 is 1.82. The molecule has 1 unspecified atom stereocenters. The zero-order valence-electron chi connectivity index (χ0n) is 11.0. The number of aliphatic carboxylic acids is 1. The average molecular weight is 270 g/mol. The smallest absolute Gasteiger partial charge is 0.327 e. The molecule has 2 aromatic rings. The molecule has 0 radical (unpaired) electrons. The highest BCUT2D eigenvalue weighted by atomic mass is 16.4. The fourth-order valence-electron chi connectivity index (χ4n) is 2.08. The van der Waals surface area contributed by atoms with Crippen LogP contribution in [0.5, 0.6) is 0 Å². The quantitative estimate of drug-likeness (QED) is 0.825. The van der Waals surface area contributed by atoms with Gasteiger partial charge < -0.3 is 15.0 Å². The second kappa shape index (κ2) is 5.49. The molecule has 20 heavy (non-hydrogen) atoms. The number of rotatable bonds is 4. The third kappa shape index (κ3) is 2.50. The van der Waals surface area contributed by atoms with Gasteiger partial charge in [0.05, 0.1) is 5.56 Å². The number of nitrogens with one attached hydrogen (secondary N) is 1. The lowest BCUT2D eigenvalue weighted by Crippen LogP contribution is -2.40. The van der Waals surface area contributed by atoms with Crippen molar-refractivity contribution in [3.05, 3.63) is 36.0 Å². The van der Waals surface area contributed by atoms with Gasteiger partial charge in [0.15, 0.2) is 0 Å². The Morgan fingerprint density at radius 2 is 2.15 bits per heavy atom. The van der Waals surface area contributed by atoms with E-state index in [1.165, 1.54) is 0 Å². The first-order chi connectivity index (χ1) is 9.54. The monoisotopic (exact) mass is 270 g/mol. The Balaban J connectivity index is 2.32. The highest BCUT2D eigenvalue weighted by Crippen LogP contribution is 2.20. The number of amides is 1. The fourth-order valence-corrected chi connectivity index (χ4v) is 2.08. The first-order valence-electron chi connectivity index (χ1n) is 6.05. The molecule has 1 atom stereocenters. The summed E-state index contributed by atoms with van der Waals surface area (Å²) in [5, 5.41) is 12.2. The minimum Gasteiger partial charge on any atom is -0.480 e. The molecule has 1 heterocycles. The van der Waals surface area contributed by atoms with Crippen molar-refractivity contribution in [1.29, 1.82) is 0 Å². The van der Waals surface area contributed by atoms with Gasteiger partial charge in [0, 0.05) is 30.6 Å². The van der Waals surface area contributed by atoms with Gasteiger partial charge in [0.1, 0.15) is 6.04 Å². The number of para-hydroxylation sites is 1. The molecule has 5 nitrogen and oxygen atoms in total. The maximum absolute atomic E-state index is 12.2. The first kappa shape index (κ1) is 13.7. The average Bonchev–Trinajstić information content (AvgIpc) is 2.76. The summed E-state index contributed by atoms with van der Waals surface area (Å²) in [5.41, 5.74) is 1.34. The summed E-state index contributed by atoms with van der Waals surface area (Å²) in [7, 11) is 1.83. The maximum atomic E-state index is 12.2. The van der Waals surface area contributed by atoms with E-state index in [1.54, 1.807) is 6.20 Å². The van der Waals surface area contributed by atoms with E-state index < -0.39 is 17.9 Å². The van der Waals surface area contributed by atoms with Crippen LogP contribution in [0.3, 0.4) is 0 Å². The summed E-state index contributed by atoms with van der Waals surface area (Å²) in [6, 6.07) is 6.34. The number of aryl methyl sites for hydroxylation is 1. The molecule has 1 aromatic heterocycles. The molecule has 1 aromatic carbocycles. The molecule has 102 valence electrons. The number of terminal acetylenes is 1. The van der Waals surface area contributed by atoms with Gasteiger partial charge in [-0.1, -0.05) is 18.2 Å². The number of carboxylic acid groups (broad SMARTS) is 1. The molecule has 5 heteroatoms. The summed E-state index contributed by atoms with van der Waals surface area (Å²) in [6.45, 7) is 0. The molecule has 0 fully saturated rings. The molecule has 0 aliphatic heterocycles. The molecule has 2 N–H and O–H groups in total. The molecular weight excluding hydrogens is 256 g/mol. The van der Waals surface area contributed by atoms with Crippen LogP contribution >= 0.6 is 0 Å². The molecule has 0 saturated carbocycles. The molecule has 1 amide bonds. The second-order valence-electron chi connectivity index (χ2n) is 4.44. The highest BCUT2D eigenvalue weighted by molar-refractivity contribution is 6.07. The number of hydrogen-bond donors (Lipinski definition) is 2. The molecule has 2 rings (SSSR count). The standard InChI is InChI=1S/C15H14N2O3/c1-3-6-12(15(19)20)16-14(18)11-9-17(2)13-8-5-4-7-10(11)13/h1,4-5,7-9,12H,6H2,2H3,(H,16,18)(H,19,20). The number of hydrogen-bond acceptors (Lipinski definition) is 2. The SMILES string of the molecule is C#CCC(NC(=O)c1cn(C)c2ccccc12)C(=O)O. The van der Waals surface area contributed by atoms with Crippen LogP contribution in [0, 0.1) is 12.3 Å². The topological polar surface area (TPSA) is 71.3 Å². The van der Waals surface area contributed by atoms with Gasteiger partial charge in [-0.15, -0.1) is 12.3 Å². The van der Waals surface area contributed by atoms with Crippen LogP contribution in [0.1, 0.15) is 16.8 Å². The summed E-state index contributed by atoms with van der Waals surface area (Å²) in [4.78, 5) is 23.2. The largest absolute Gasteiger partial charge is 0.480 e. The van der Waals surface area contributed by atoms with E-state index in [1.807, 2.05) is 35.9 Å². The zero-order valence-corrected chi connectivity index (χ0v) is 11.0. The van der Waals surface area contributed by atoms with Gasteiger partial charge in [-0.25, -0.2) is 4.79 Å². The number of benzene rings is 1. The lowest BCUT2D eigenvalue weighted by molar-refractivity contribution is -0.139. The Morgan fingerprint density at radius 1 is 1.45 bits per heavy atom. The van der Waals surface area contributed by atoms with Crippen LogP contribution in [0.2, 0.25) is 0 Å². The first-order valence-corrected chi connectivity index (χ1v) is 6.05. The van der Waals surface area contributed by atoms with Crippen LogP contribution in [-0.4, -0.2) is 27.6 Å². The molecule has 0 saturated heterocycles. The van der Waals surface area contributed by atoms with E-state index >= 15 is 0 Å². The van der Waals surface area contributed by atoms with Gasteiger partial charge in [0.2, 0.25) is 0 Å². The number of carbonyl (C=O) groups is 2. The van der Waals surface area contributed by atoms with Gasteiger partial charge in [0.25, 0.3) is 5.91 Å². The second-order valence-corrected chi connectivity index (χ2v) is 4.44. The fraction of sp³-hybridized carbons (Fsp3) is 0.200. The molecular formula is C15H14N2O3. The van der Waals surface area contributed by atoms with Crippen LogP contribution < -0.4 is 5.32 Å². The Bertz CT molecular complexity index is 709. The predicted molar refractivity (Wildman–Crippen MR) is 75.3 cm³/mol. The predicted octanol–water partition coefficient (Wildman–Crippen LogP) is 1.38. The van der Waals surface area contributed by atoms with Crippen molar-refractivity contribution in [2.45, 2.75) is 12.5 Å². The minimum atomic E-state index is -1.14. The third-order valence-corrected chi connectivity index (χ3v) is 3.07. The van der Waals surface area contributed by atoms with Crippen LogP contribution in [0.15, 0.2) is 30.5 Å².